The van der Waals surface area contributed by atoms with Crippen LogP contribution in [0.1, 0.15) is 32.8 Å². The zero-order chi connectivity index (χ0) is 31.5. The molecule has 4 aromatic rings. The van der Waals surface area contributed by atoms with E-state index >= 15 is 0 Å². The fourth-order valence-electron chi connectivity index (χ4n) is 4.59. The number of rotatable bonds is 14. The van der Waals surface area contributed by atoms with Gasteiger partial charge in [-0.2, -0.15) is 0 Å². The lowest BCUT2D eigenvalue weighted by Crippen LogP contribution is -2.53. The van der Waals surface area contributed by atoms with Gasteiger partial charge in [0.1, 0.15) is 24.1 Å². The van der Waals surface area contributed by atoms with Gasteiger partial charge >= 0.3 is 0 Å². The molecule has 8 nitrogen and oxygen atoms in total. The standard InChI is InChI=1S/C35H39N3O5S/c1-4-27(2)36-35(40)28(3)37(25-24-29-14-8-5-9-15-29)34(39)26-38(44(41,42)33-18-12-7-13-19-33)30-20-22-32(23-21-30)43-31-16-10-6-11-17-31/h5-23,27-28H,4,24-26H2,1-3H3,(H,36,40)/t27-,28+/m1/s1. The van der Waals surface area contributed by atoms with Crippen LogP contribution in [-0.2, 0) is 26.0 Å². The van der Waals surface area contributed by atoms with Gasteiger partial charge in [-0.25, -0.2) is 8.42 Å². The van der Waals surface area contributed by atoms with Crippen molar-refractivity contribution in [1.29, 1.82) is 0 Å². The fraction of sp³-hybridized carbons (Fsp3) is 0.257. The third kappa shape index (κ3) is 8.48. The summed E-state index contributed by atoms with van der Waals surface area (Å²) in [6.45, 7) is 5.29. The van der Waals surface area contributed by atoms with Crippen LogP contribution in [0.4, 0.5) is 5.69 Å². The zero-order valence-corrected chi connectivity index (χ0v) is 26.1. The van der Waals surface area contributed by atoms with Crippen molar-refractivity contribution in [1.82, 2.24) is 10.2 Å². The minimum Gasteiger partial charge on any atom is -0.457 e. The summed E-state index contributed by atoms with van der Waals surface area (Å²) in [6, 6.07) is 32.6. The molecule has 0 spiro atoms. The Kier molecular flexibility index (Phi) is 11.2. The second kappa shape index (κ2) is 15.2. The van der Waals surface area contributed by atoms with Crippen molar-refractivity contribution >= 4 is 27.5 Å². The SMILES string of the molecule is CC[C@@H](C)NC(=O)[C@H](C)N(CCc1ccccc1)C(=O)CN(c1ccc(Oc2ccccc2)cc1)S(=O)(=O)c1ccccc1. The highest BCUT2D eigenvalue weighted by molar-refractivity contribution is 7.92. The largest absolute Gasteiger partial charge is 0.457 e. The number of carbonyl (C=O) groups excluding carboxylic acids is 2. The maximum absolute atomic E-state index is 14.1. The summed E-state index contributed by atoms with van der Waals surface area (Å²) in [7, 11) is -4.15. The fourth-order valence-corrected chi connectivity index (χ4v) is 6.02. The smallest absolute Gasteiger partial charge is 0.264 e. The minimum atomic E-state index is -4.15. The first-order chi connectivity index (χ1) is 21.2. The Hall–Kier alpha value is -4.63. The molecule has 0 saturated heterocycles. The molecule has 0 radical (unpaired) electrons. The van der Waals surface area contributed by atoms with E-state index < -0.39 is 28.5 Å². The molecule has 9 heteroatoms. The van der Waals surface area contributed by atoms with Gasteiger partial charge < -0.3 is 15.0 Å². The second-order valence-corrected chi connectivity index (χ2v) is 12.4. The average molecular weight is 614 g/mol. The van der Waals surface area contributed by atoms with Gasteiger partial charge in [0, 0.05) is 12.6 Å². The zero-order valence-electron chi connectivity index (χ0n) is 25.3. The lowest BCUT2D eigenvalue weighted by Gasteiger charge is -2.32. The third-order valence-electron chi connectivity index (χ3n) is 7.37. The minimum absolute atomic E-state index is 0.0517. The normalized spacial score (nSPS) is 12.5. The molecule has 0 heterocycles. The quantitative estimate of drug-likeness (QED) is 0.187. The van der Waals surface area contributed by atoms with E-state index in [9.17, 15) is 18.0 Å². The summed E-state index contributed by atoms with van der Waals surface area (Å²) in [5.74, 6) is 0.378. The van der Waals surface area contributed by atoms with Gasteiger partial charge in [-0.1, -0.05) is 73.7 Å². The predicted octanol–water partition coefficient (Wildman–Crippen LogP) is 6.05. The van der Waals surface area contributed by atoms with Gasteiger partial charge in [-0.05, 0) is 80.8 Å². The van der Waals surface area contributed by atoms with Crippen molar-refractivity contribution in [3.05, 3.63) is 121 Å². The van der Waals surface area contributed by atoms with Crippen LogP contribution in [0, 0.1) is 0 Å². The number of hydrogen-bond acceptors (Lipinski definition) is 5. The van der Waals surface area contributed by atoms with E-state index in [1.807, 2.05) is 74.5 Å². The first-order valence-corrected chi connectivity index (χ1v) is 16.2. The highest BCUT2D eigenvalue weighted by Gasteiger charge is 2.32. The molecule has 1 N–H and O–H groups in total. The van der Waals surface area contributed by atoms with E-state index in [0.29, 0.717) is 23.6 Å². The van der Waals surface area contributed by atoms with Gasteiger partial charge in [-0.3, -0.25) is 13.9 Å². The van der Waals surface area contributed by atoms with Crippen LogP contribution in [0.25, 0.3) is 0 Å². The van der Waals surface area contributed by atoms with Crippen LogP contribution in [0.15, 0.2) is 120 Å². The molecular formula is C35H39N3O5S. The average Bonchev–Trinajstić information content (AvgIpc) is 3.05. The highest BCUT2D eigenvalue weighted by atomic mass is 32.2. The molecule has 4 rings (SSSR count). The molecule has 0 fully saturated rings. The van der Waals surface area contributed by atoms with E-state index in [1.54, 1.807) is 49.4 Å². The van der Waals surface area contributed by atoms with Crippen LogP contribution in [0.5, 0.6) is 11.5 Å². The maximum atomic E-state index is 14.1. The Morgan fingerprint density at radius 1 is 0.773 bits per heavy atom. The van der Waals surface area contributed by atoms with E-state index in [1.165, 1.54) is 17.0 Å². The Morgan fingerprint density at radius 3 is 1.91 bits per heavy atom. The first-order valence-electron chi connectivity index (χ1n) is 14.7. The van der Waals surface area contributed by atoms with Crippen LogP contribution in [0.2, 0.25) is 0 Å². The molecule has 230 valence electrons. The maximum Gasteiger partial charge on any atom is 0.264 e. The summed E-state index contributed by atoms with van der Waals surface area (Å²) >= 11 is 0. The third-order valence-corrected chi connectivity index (χ3v) is 9.15. The summed E-state index contributed by atoms with van der Waals surface area (Å²) in [4.78, 5) is 28.7. The van der Waals surface area contributed by atoms with E-state index in [2.05, 4.69) is 5.32 Å². The monoisotopic (exact) mass is 613 g/mol. The Bertz CT molecular complexity index is 1600. The molecule has 0 aliphatic heterocycles. The Balaban J connectivity index is 1.65. The Labute approximate surface area is 260 Å². The van der Waals surface area contributed by atoms with Crippen LogP contribution < -0.4 is 14.4 Å². The number of hydrogen-bond donors (Lipinski definition) is 1. The van der Waals surface area contributed by atoms with Crippen molar-refractivity contribution in [3.63, 3.8) is 0 Å². The van der Waals surface area contributed by atoms with Crippen molar-refractivity contribution in [2.24, 2.45) is 0 Å². The second-order valence-electron chi connectivity index (χ2n) is 10.6. The summed E-state index contributed by atoms with van der Waals surface area (Å²) in [5, 5.41) is 2.95. The van der Waals surface area contributed by atoms with Crippen molar-refractivity contribution < 1.29 is 22.7 Å². The number of para-hydroxylation sites is 1. The van der Waals surface area contributed by atoms with E-state index in [-0.39, 0.29) is 23.4 Å². The van der Waals surface area contributed by atoms with Crippen molar-refractivity contribution in [3.8, 4) is 11.5 Å². The molecule has 2 atom stereocenters. The van der Waals surface area contributed by atoms with Crippen molar-refractivity contribution in [2.75, 3.05) is 17.4 Å². The van der Waals surface area contributed by atoms with Crippen LogP contribution >= 0.6 is 0 Å². The number of carbonyl (C=O) groups is 2. The number of benzene rings is 4. The van der Waals surface area contributed by atoms with Gasteiger partial charge in [0.15, 0.2) is 0 Å². The summed E-state index contributed by atoms with van der Waals surface area (Å²) in [5.41, 5.74) is 1.30. The molecular weight excluding hydrogens is 574 g/mol. The van der Waals surface area contributed by atoms with E-state index in [4.69, 9.17) is 4.74 Å². The molecule has 0 aliphatic carbocycles. The number of nitrogens with one attached hydrogen (secondary N) is 1. The lowest BCUT2D eigenvalue weighted by molar-refractivity contribution is -0.139. The number of amides is 2. The number of sulfonamides is 1. The first kappa shape index (κ1) is 32.3. The van der Waals surface area contributed by atoms with Gasteiger partial charge in [0.2, 0.25) is 11.8 Å². The van der Waals surface area contributed by atoms with Gasteiger partial charge in [-0.15, -0.1) is 0 Å². The van der Waals surface area contributed by atoms with Gasteiger partial charge in [0.25, 0.3) is 10.0 Å². The Morgan fingerprint density at radius 2 is 1.32 bits per heavy atom. The molecule has 0 unspecified atom stereocenters. The summed E-state index contributed by atoms with van der Waals surface area (Å²) < 4.78 is 34.9. The predicted molar refractivity (Wildman–Crippen MR) is 173 cm³/mol. The van der Waals surface area contributed by atoms with Crippen molar-refractivity contribution in [2.45, 2.75) is 50.6 Å². The highest BCUT2D eigenvalue weighted by Crippen LogP contribution is 2.28. The lowest BCUT2D eigenvalue weighted by atomic mass is 10.1. The number of anilines is 1. The molecule has 4 aromatic carbocycles. The topological polar surface area (TPSA) is 96.0 Å². The molecule has 0 aliphatic rings. The molecule has 2 amide bonds. The molecule has 0 aromatic heterocycles. The number of ether oxygens (including phenoxy) is 1. The molecule has 44 heavy (non-hydrogen) atoms. The summed E-state index contributed by atoms with van der Waals surface area (Å²) in [6.07, 6.45) is 1.24. The van der Waals surface area contributed by atoms with E-state index in [0.717, 1.165) is 16.3 Å². The molecule has 0 bridgehead atoms. The molecule has 0 saturated carbocycles. The van der Waals surface area contributed by atoms with Gasteiger partial charge in [0.05, 0.1) is 10.6 Å². The number of nitrogens with zero attached hydrogens (tertiary/aromatic N) is 2. The van der Waals surface area contributed by atoms with Crippen LogP contribution in [-0.4, -0.2) is 50.3 Å². The van der Waals surface area contributed by atoms with Crippen LogP contribution in [0.3, 0.4) is 0 Å².